The summed E-state index contributed by atoms with van der Waals surface area (Å²) in [5.41, 5.74) is 1.47. The number of benzene rings is 1. The average molecular weight is 296 g/mol. The lowest BCUT2D eigenvalue weighted by Gasteiger charge is -2.15. The summed E-state index contributed by atoms with van der Waals surface area (Å²) in [4.78, 5) is 4.38. The van der Waals surface area contributed by atoms with E-state index in [1.54, 1.807) is 24.6 Å². The van der Waals surface area contributed by atoms with E-state index in [2.05, 4.69) is 11.1 Å². The fourth-order valence-electron chi connectivity index (χ4n) is 1.97. The molecule has 0 fully saturated rings. The largest absolute Gasteiger partial charge is 0.418 e. The molecule has 0 amide bonds. The van der Waals surface area contributed by atoms with Gasteiger partial charge in [-0.2, -0.15) is 13.2 Å². The van der Waals surface area contributed by atoms with E-state index >= 15 is 0 Å². The summed E-state index contributed by atoms with van der Waals surface area (Å²) in [7, 11) is 0. The van der Waals surface area contributed by atoms with Gasteiger partial charge in [0, 0.05) is 16.8 Å². The zero-order chi connectivity index (χ0) is 14.8. The monoisotopic (exact) mass is 296 g/mol. The number of nitrogens with zero attached hydrogens (tertiary/aromatic N) is 1. The van der Waals surface area contributed by atoms with Crippen molar-refractivity contribution < 1.29 is 13.2 Å². The van der Waals surface area contributed by atoms with E-state index in [-0.39, 0.29) is 4.90 Å². The lowest BCUT2D eigenvalue weighted by Crippen LogP contribution is -2.07. The molecule has 1 aromatic carbocycles. The van der Waals surface area contributed by atoms with E-state index < -0.39 is 11.7 Å². The Balaban J connectivity index is 2.62. The van der Waals surface area contributed by atoms with Gasteiger partial charge in [-0.15, -0.1) is 11.8 Å². The second kappa shape index (κ2) is 5.87. The first-order chi connectivity index (χ1) is 9.47. The second-order valence-corrected chi connectivity index (χ2v) is 5.00. The van der Waals surface area contributed by atoms with Crippen molar-refractivity contribution in [2.24, 2.45) is 0 Å². The minimum Gasteiger partial charge on any atom is -0.261 e. The number of aromatic nitrogens is 1. The van der Waals surface area contributed by atoms with E-state index in [4.69, 9.17) is 0 Å². The molecule has 0 saturated carbocycles. The molecule has 0 saturated heterocycles. The van der Waals surface area contributed by atoms with Crippen molar-refractivity contribution in [3.8, 4) is 11.1 Å². The van der Waals surface area contributed by atoms with Crippen LogP contribution in [-0.2, 0) is 12.6 Å². The molecule has 0 unspecified atom stereocenters. The number of alkyl halides is 3. The fourth-order valence-corrected chi connectivity index (χ4v) is 2.76. The molecule has 0 spiro atoms. The van der Waals surface area contributed by atoms with Crippen LogP contribution in [0.15, 0.2) is 35.4 Å². The van der Waals surface area contributed by atoms with E-state index in [9.17, 15) is 13.2 Å². The summed E-state index contributed by atoms with van der Waals surface area (Å²) in [6.45, 7) is 1.96. The number of thioether (sulfide) groups is 1. The third kappa shape index (κ3) is 2.98. The van der Waals surface area contributed by atoms with Crippen LogP contribution in [-0.4, -0.2) is 11.2 Å². The Bertz CT molecular complexity index is 608. The first-order valence-electron chi connectivity index (χ1n) is 6.08. The lowest BCUT2D eigenvalue weighted by atomic mass is 10.0. The first-order valence-corrected chi connectivity index (χ1v) is 7.31. The molecule has 1 radical (unpaired) electrons. The Morgan fingerprint density at radius 2 is 2.05 bits per heavy atom. The Kier molecular flexibility index (Phi) is 4.38. The number of hydrogen-bond donors (Lipinski definition) is 0. The molecule has 1 nitrogen and oxygen atoms in total. The fraction of sp³-hybridized carbons (Fsp3) is 0.267. The molecular weight excluding hydrogens is 283 g/mol. The maximum atomic E-state index is 13.0. The van der Waals surface area contributed by atoms with Crippen molar-refractivity contribution in [1.29, 1.82) is 0 Å². The molecule has 0 N–H and O–H groups in total. The molecule has 0 bridgehead atoms. The van der Waals surface area contributed by atoms with Gasteiger partial charge < -0.3 is 0 Å². The molecule has 20 heavy (non-hydrogen) atoms. The minimum absolute atomic E-state index is 0.202. The van der Waals surface area contributed by atoms with Crippen LogP contribution < -0.4 is 0 Å². The maximum absolute atomic E-state index is 13.0. The van der Waals surface area contributed by atoms with Crippen LogP contribution >= 0.6 is 11.8 Å². The Morgan fingerprint density at radius 1 is 1.30 bits per heavy atom. The van der Waals surface area contributed by atoms with Crippen LogP contribution in [0.4, 0.5) is 13.2 Å². The molecule has 1 aromatic heterocycles. The van der Waals surface area contributed by atoms with Gasteiger partial charge in [-0.25, -0.2) is 0 Å². The molecule has 0 aliphatic rings. The highest BCUT2D eigenvalue weighted by molar-refractivity contribution is 7.98. The zero-order valence-electron chi connectivity index (χ0n) is 11.1. The van der Waals surface area contributed by atoms with E-state index in [0.29, 0.717) is 5.56 Å². The van der Waals surface area contributed by atoms with Gasteiger partial charge in [-0.1, -0.05) is 19.1 Å². The van der Waals surface area contributed by atoms with Crippen molar-refractivity contribution in [3.05, 3.63) is 47.8 Å². The average Bonchev–Trinajstić information content (AvgIpc) is 2.45. The van der Waals surface area contributed by atoms with Crippen molar-refractivity contribution in [2.75, 3.05) is 6.26 Å². The van der Waals surface area contributed by atoms with Crippen LogP contribution in [0.3, 0.4) is 0 Å². The molecule has 5 heteroatoms. The smallest absolute Gasteiger partial charge is 0.261 e. The third-order valence-electron chi connectivity index (χ3n) is 2.93. The molecule has 2 aromatic rings. The molecular formula is C15H13F3NS. The van der Waals surface area contributed by atoms with E-state index in [1.165, 1.54) is 6.07 Å². The van der Waals surface area contributed by atoms with Crippen molar-refractivity contribution in [1.82, 2.24) is 4.98 Å². The summed E-state index contributed by atoms with van der Waals surface area (Å²) in [6, 6.07) is 8.85. The van der Waals surface area contributed by atoms with Gasteiger partial charge in [-0.05, 0) is 42.0 Å². The quantitative estimate of drug-likeness (QED) is 0.751. The van der Waals surface area contributed by atoms with Gasteiger partial charge in [-0.3, -0.25) is 4.98 Å². The van der Waals surface area contributed by atoms with Crippen molar-refractivity contribution in [3.63, 3.8) is 0 Å². The van der Waals surface area contributed by atoms with Crippen LogP contribution in [0.5, 0.6) is 0 Å². The normalized spacial score (nSPS) is 11.7. The molecule has 1 heterocycles. The van der Waals surface area contributed by atoms with Crippen LogP contribution in [0.2, 0.25) is 0 Å². The van der Waals surface area contributed by atoms with Crippen molar-refractivity contribution >= 4 is 11.8 Å². The highest BCUT2D eigenvalue weighted by Crippen LogP contribution is 2.40. The molecule has 2 rings (SSSR count). The molecule has 105 valence electrons. The SMILES string of the molecule is CCc1cc(-c2cc[c]c(C(F)(F)F)c2SC)ccn1. The molecule has 0 atom stereocenters. The number of aryl methyl sites for hydroxylation is 1. The predicted molar refractivity (Wildman–Crippen MR) is 74.7 cm³/mol. The summed E-state index contributed by atoms with van der Waals surface area (Å²) in [5, 5.41) is 0. The topological polar surface area (TPSA) is 12.9 Å². The van der Waals surface area contributed by atoms with Crippen LogP contribution in [0.1, 0.15) is 18.2 Å². The van der Waals surface area contributed by atoms with Crippen molar-refractivity contribution in [2.45, 2.75) is 24.4 Å². The highest BCUT2D eigenvalue weighted by atomic mass is 32.2. The van der Waals surface area contributed by atoms with Gasteiger partial charge in [0.2, 0.25) is 0 Å². The number of hydrogen-bond acceptors (Lipinski definition) is 2. The van der Waals surface area contributed by atoms with Gasteiger partial charge in [0.25, 0.3) is 0 Å². The second-order valence-electron chi connectivity index (χ2n) is 4.19. The minimum atomic E-state index is -4.39. The summed E-state index contributed by atoms with van der Waals surface area (Å²) in [5.74, 6) is 0. The first kappa shape index (κ1) is 14.9. The zero-order valence-corrected chi connectivity index (χ0v) is 11.9. The van der Waals surface area contributed by atoms with Gasteiger partial charge in [0.1, 0.15) is 0 Å². The number of pyridine rings is 1. The summed E-state index contributed by atoms with van der Waals surface area (Å²) < 4.78 is 39.1. The predicted octanol–water partition coefficient (Wildman–Crippen LogP) is 4.85. The van der Waals surface area contributed by atoms with E-state index in [1.807, 2.05) is 13.0 Å². The Hall–Kier alpha value is -1.49. The Labute approximate surface area is 120 Å². The lowest BCUT2D eigenvalue weighted by molar-refractivity contribution is -0.139. The summed E-state index contributed by atoms with van der Waals surface area (Å²) >= 11 is 1.09. The molecule has 0 aliphatic carbocycles. The van der Waals surface area contributed by atoms with Gasteiger partial charge >= 0.3 is 6.18 Å². The summed E-state index contributed by atoms with van der Waals surface area (Å²) in [6.07, 6.45) is -0.380. The molecule has 0 aliphatic heterocycles. The Morgan fingerprint density at radius 3 is 2.65 bits per heavy atom. The highest BCUT2D eigenvalue weighted by Gasteiger charge is 2.34. The number of halogens is 3. The standard InChI is InChI=1S/C15H13F3NS/c1-3-11-9-10(7-8-19-11)12-5-4-6-13(14(12)20-2)15(16,17)18/h4-5,7-9H,3H2,1-2H3. The third-order valence-corrected chi connectivity index (χ3v) is 3.76. The van der Waals surface area contributed by atoms with Gasteiger partial charge in [0.15, 0.2) is 0 Å². The number of rotatable bonds is 3. The van der Waals surface area contributed by atoms with Crippen LogP contribution in [0.25, 0.3) is 11.1 Å². The van der Waals surface area contributed by atoms with Crippen LogP contribution in [0, 0.1) is 6.07 Å². The van der Waals surface area contributed by atoms with E-state index in [0.717, 1.165) is 29.4 Å². The van der Waals surface area contributed by atoms with Gasteiger partial charge in [0.05, 0.1) is 5.56 Å². The maximum Gasteiger partial charge on any atom is 0.418 e.